The summed E-state index contributed by atoms with van der Waals surface area (Å²) in [7, 11) is 0. The predicted molar refractivity (Wildman–Crippen MR) is 71.7 cm³/mol. The molecule has 0 radical (unpaired) electrons. The van der Waals surface area contributed by atoms with Crippen LogP contribution in [0, 0.1) is 0 Å². The molecule has 0 atom stereocenters. The lowest BCUT2D eigenvalue weighted by Gasteiger charge is -2.08. The van der Waals surface area contributed by atoms with Gasteiger partial charge < -0.3 is 5.32 Å². The molecular weight excluding hydrogens is 263 g/mol. The highest BCUT2D eigenvalue weighted by Gasteiger charge is 2.11. The summed E-state index contributed by atoms with van der Waals surface area (Å²) in [6.45, 7) is 2.77. The minimum Gasteiger partial charge on any atom is -0.369 e. The van der Waals surface area contributed by atoms with Crippen molar-refractivity contribution in [2.75, 3.05) is 11.9 Å². The molecule has 0 saturated carbocycles. The van der Waals surface area contributed by atoms with E-state index < -0.39 is 0 Å². The smallest absolute Gasteiger partial charge is 0.145 e. The molecule has 0 aliphatic heterocycles. The third kappa shape index (κ3) is 2.32. The van der Waals surface area contributed by atoms with E-state index >= 15 is 0 Å². The zero-order valence-electron chi connectivity index (χ0n) is 8.63. The molecule has 2 heterocycles. The fourth-order valence-electron chi connectivity index (χ4n) is 1.34. The Labute approximate surface area is 108 Å². The van der Waals surface area contributed by atoms with Gasteiger partial charge in [-0.25, -0.2) is 4.98 Å². The second-order valence-electron chi connectivity index (χ2n) is 3.16. The van der Waals surface area contributed by atoms with E-state index in [1.165, 1.54) is 0 Å². The van der Waals surface area contributed by atoms with Gasteiger partial charge in [0, 0.05) is 6.54 Å². The van der Waals surface area contributed by atoms with Crippen LogP contribution in [0.2, 0.25) is 10.0 Å². The number of anilines is 1. The molecule has 0 fully saturated rings. The average molecular weight is 273 g/mol. The lowest BCUT2D eigenvalue weighted by atomic mass is 10.3. The van der Waals surface area contributed by atoms with Crippen LogP contribution < -0.4 is 5.32 Å². The van der Waals surface area contributed by atoms with Crippen LogP contribution in [0.15, 0.2) is 23.6 Å². The van der Waals surface area contributed by atoms with Gasteiger partial charge in [0.25, 0.3) is 0 Å². The first-order valence-electron chi connectivity index (χ1n) is 4.86. The number of thiophene rings is 1. The maximum absolute atomic E-state index is 6.13. The van der Waals surface area contributed by atoms with Crippen LogP contribution in [0.4, 0.5) is 5.82 Å². The van der Waals surface area contributed by atoms with Crippen molar-refractivity contribution in [3.63, 3.8) is 0 Å². The molecule has 5 heteroatoms. The lowest BCUT2D eigenvalue weighted by molar-refractivity contribution is 1.16. The quantitative estimate of drug-likeness (QED) is 0.887. The zero-order valence-corrected chi connectivity index (χ0v) is 11.0. The molecule has 0 unspecified atom stereocenters. The van der Waals surface area contributed by atoms with Gasteiger partial charge in [-0.1, -0.05) is 29.3 Å². The largest absolute Gasteiger partial charge is 0.369 e. The molecule has 1 N–H and O–H groups in total. The van der Waals surface area contributed by atoms with Crippen LogP contribution in [0.1, 0.15) is 6.92 Å². The Morgan fingerprint density at radius 3 is 2.81 bits per heavy atom. The molecule has 16 heavy (non-hydrogen) atoms. The Bertz CT molecular complexity index is 483. The minimum absolute atomic E-state index is 0.548. The van der Waals surface area contributed by atoms with Crippen LogP contribution in [-0.4, -0.2) is 11.5 Å². The Hall–Kier alpha value is -0.770. The minimum atomic E-state index is 0.548. The van der Waals surface area contributed by atoms with Crippen LogP contribution in [0.5, 0.6) is 0 Å². The van der Waals surface area contributed by atoms with E-state index in [9.17, 15) is 0 Å². The SMILES string of the molecule is CCNc1nc(-c2cccs2)c(Cl)cc1Cl. The molecule has 84 valence electrons. The van der Waals surface area contributed by atoms with Gasteiger partial charge in [0.1, 0.15) is 11.5 Å². The number of nitrogens with one attached hydrogen (secondary N) is 1. The normalized spacial score (nSPS) is 10.4. The summed E-state index contributed by atoms with van der Waals surface area (Å²) < 4.78 is 0. The van der Waals surface area contributed by atoms with E-state index in [1.54, 1.807) is 17.4 Å². The molecule has 0 saturated heterocycles. The molecule has 2 nitrogen and oxygen atoms in total. The van der Waals surface area contributed by atoms with Crippen LogP contribution >= 0.6 is 34.5 Å². The summed E-state index contributed by atoms with van der Waals surface area (Å²) in [4.78, 5) is 5.48. The Balaban J connectivity index is 2.49. The maximum Gasteiger partial charge on any atom is 0.145 e. The highest BCUT2D eigenvalue weighted by Crippen LogP contribution is 2.34. The van der Waals surface area contributed by atoms with Gasteiger partial charge >= 0.3 is 0 Å². The van der Waals surface area contributed by atoms with Crippen molar-refractivity contribution < 1.29 is 0 Å². The topological polar surface area (TPSA) is 24.9 Å². The molecular formula is C11H10Cl2N2S. The van der Waals surface area contributed by atoms with Gasteiger partial charge in [-0.15, -0.1) is 11.3 Å². The summed E-state index contributed by atoms with van der Waals surface area (Å²) in [5.41, 5.74) is 0.775. The van der Waals surface area contributed by atoms with Crippen molar-refractivity contribution in [2.24, 2.45) is 0 Å². The van der Waals surface area contributed by atoms with Gasteiger partial charge in [-0.2, -0.15) is 0 Å². The van der Waals surface area contributed by atoms with Crippen molar-refractivity contribution in [1.29, 1.82) is 0 Å². The second kappa shape index (κ2) is 5.04. The third-order valence-corrected chi connectivity index (χ3v) is 3.48. The molecule has 0 amide bonds. The van der Waals surface area contributed by atoms with E-state index in [0.717, 1.165) is 17.1 Å². The van der Waals surface area contributed by atoms with Crippen molar-refractivity contribution in [3.8, 4) is 10.6 Å². The zero-order chi connectivity index (χ0) is 11.5. The molecule has 0 aliphatic rings. The predicted octanol–water partition coefficient (Wildman–Crippen LogP) is 4.55. The van der Waals surface area contributed by atoms with E-state index in [4.69, 9.17) is 23.2 Å². The molecule has 2 aromatic rings. The average Bonchev–Trinajstić information content (AvgIpc) is 2.75. The van der Waals surface area contributed by atoms with Gasteiger partial charge in [0.05, 0.1) is 14.9 Å². The molecule has 0 spiro atoms. The fourth-order valence-corrected chi connectivity index (χ4v) is 2.66. The summed E-state index contributed by atoms with van der Waals surface area (Å²) in [6, 6.07) is 5.69. The molecule has 0 aromatic carbocycles. The summed E-state index contributed by atoms with van der Waals surface area (Å²) >= 11 is 13.8. The van der Waals surface area contributed by atoms with Gasteiger partial charge in [-0.3, -0.25) is 0 Å². The third-order valence-electron chi connectivity index (χ3n) is 2.03. The van der Waals surface area contributed by atoms with E-state index in [0.29, 0.717) is 15.9 Å². The second-order valence-corrected chi connectivity index (χ2v) is 4.92. The van der Waals surface area contributed by atoms with Gasteiger partial charge in [0.2, 0.25) is 0 Å². The number of rotatable bonds is 3. The monoisotopic (exact) mass is 272 g/mol. The van der Waals surface area contributed by atoms with Crippen molar-refractivity contribution >= 4 is 40.4 Å². The van der Waals surface area contributed by atoms with Gasteiger partial charge in [0.15, 0.2) is 0 Å². The highest BCUT2D eigenvalue weighted by molar-refractivity contribution is 7.13. The van der Waals surface area contributed by atoms with Gasteiger partial charge in [-0.05, 0) is 24.4 Å². The van der Waals surface area contributed by atoms with Crippen LogP contribution in [0.25, 0.3) is 10.6 Å². The van der Waals surface area contributed by atoms with Crippen LogP contribution in [-0.2, 0) is 0 Å². The summed E-state index contributed by atoms with van der Waals surface area (Å²) in [6.07, 6.45) is 0. The number of halogens is 2. The number of hydrogen-bond acceptors (Lipinski definition) is 3. The molecule has 2 aromatic heterocycles. The van der Waals surface area contributed by atoms with Crippen molar-refractivity contribution in [2.45, 2.75) is 6.92 Å². The van der Waals surface area contributed by atoms with Crippen molar-refractivity contribution in [1.82, 2.24) is 4.98 Å². The lowest BCUT2D eigenvalue weighted by Crippen LogP contribution is -2.00. The Morgan fingerprint density at radius 1 is 1.38 bits per heavy atom. The van der Waals surface area contributed by atoms with E-state index in [1.807, 2.05) is 24.4 Å². The van der Waals surface area contributed by atoms with Crippen molar-refractivity contribution in [3.05, 3.63) is 33.6 Å². The number of aromatic nitrogens is 1. The summed E-state index contributed by atoms with van der Waals surface area (Å²) in [5, 5.41) is 6.23. The van der Waals surface area contributed by atoms with E-state index in [2.05, 4.69) is 10.3 Å². The standard InChI is InChI=1S/C11H10Cl2N2S/c1-2-14-11-8(13)6-7(12)10(15-11)9-4-3-5-16-9/h3-6H,2H2,1H3,(H,14,15). The number of nitrogens with zero attached hydrogens (tertiary/aromatic N) is 1. The van der Waals surface area contributed by atoms with E-state index in [-0.39, 0.29) is 0 Å². The Morgan fingerprint density at radius 2 is 2.19 bits per heavy atom. The highest BCUT2D eigenvalue weighted by atomic mass is 35.5. The van der Waals surface area contributed by atoms with Crippen LogP contribution in [0.3, 0.4) is 0 Å². The number of hydrogen-bond donors (Lipinski definition) is 1. The number of pyridine rings is 1. The summed E-state index contributed by atoms with van der Waals surface area (Å²) in [5.74, 6) is 0.678. The first-order valence-corrected chi connectivity index (χ1v) is 6.49. The Kier molecular flexibility index (Phi) is 3.69. The molecule has 0 aliphatic carbocycles. The molecule has 0 bridgehead atoms. The maximum atomic E-state index is 6.13. The first kappa shape index (κ1) is 11.7. The molecule has 2 rings (SSSR count). The first-order chi connectivity index (χ1) is 7.72. The fraction of sp³-hybridized carbons (Fsp3) is 0.182.